The number of furan rings is 2. The van der Waals surface area contributed by atoms with E-state index in [2.05, 4.69) is 235 Å². The molecule has 4 nitrogen and oxygen atoms in total. The lowest BCUT2D eigenvalue weighted by Crippen LogP contribution is -2.14. The number of hydrogen-bond donors (Lipinski definition) is 0. The Bertz CT molecular complexity index is 3600. The number of anilines is 6. The van der Waals surface area contributed by atoms with Gasteiger partial charge in [0.15, 0.2) is 11.2 Å². The van der Waals surface area contributed by atoms with Crippen LogP contribution in [0.15, 0.2) is 179 Å². The van der Waals surface area contributed by atoms with E-state index in [-0.39, 0.29) is 10.8 Å². The summed E-state index contributed by atoms with van der Waals surface area (Å²) in [6.07, 6.45) is 0. The van der Waals surface area contributed by atoms with Crippen LogP contribution in [0.2, 0.25) is 0 Å². The molecule has 0 bridgehead atoms. The molecule has 0 spiro atoms. The first-order valence-corrected chi connectivity index (χ1v) is 23.2. The number of para-hydroxylation sites is 4. The standard InChI is InChI=1S/C62H52N2O2/c1-37-13-9-15-45-47-17-11-19-53(59(47)65-57(37)45)63(43-29-25-41(26-30-43)61(3,4)5)51-35-23-39-22-34-50-52(36-24-40-21-33-49(51)55(39)56(40)50)64(44-31-27-42(28-32-44)62(6,7)8)54-20-12-18-48-46-16-10-14-38(2)58(46)66-60(48)54/h9-36H,1-8H3. The summed E-state index contributed by atoms with van der Waals surface area (Å²) in [5.74, 6) is 0. The van der Waals surface area contributed by atoms with Crippen molar-refractivity contribution >= 4 is 110 Å². The van der Waals surface area contributed by atoms with Crippen LogP contribution in [0.1, 0.15) is 63.8 Å². The van der Waals surface area contributed by atoms with Crippen LogP contribution < -0.4 is 9.80 Å². The maximum Gasteiger partial charge on any atom is 0.159 e. The van der Waals surface area contributed by atoms with E-state index in [1.54, 1.807) is 0 Å². The molecular formula is C62H52N2O2. The highest BCUT2D eigenvalue weighted by Gasteiger charge is 2.27. The Labute approximate surface area is 385 Å². The lowest BCUT2D eigenvalue weighted by atomic mass is 9.87. The summed E-state index contributed by atoms with van der Waals surface area (Å²) >= 11 is 0. The Balaban J connectivity index is 1.12. The Morgan fingerprint density at radius 3 is 1.05 bits per heavy atom. The van der Waals surface area contributed by atoms with Crippen molar-refractivity contribution in [3.05, 3.63) is 192 Å². The predicted molar refractivity (Wildman–Crippen MR) is 281 cm³/mol. The molecule has 0 unspecified atom stereocenters. The van der Waals surface area contributed by atoms with Gasteiger partial charge in [-0.2, -0.15) is 0 Å². The molecule has 12 aromatic rings. The maximum absolute atomic E-state index is 6.89. The van der Waals surface area contributed by atoms with Crippen molar-refractivity contribution in [3.63, 3.8) is 0 Å². The van der Waals surface area contributed by atoms with Crippen LogP contribution in [0.3, 0.4) is 0 Å². The molecule has 0 N–H and O–H groups in total. The summed E-state index contributed by atoms with van der Waals surface area (Å²) in [6.45, 7) is 17.9. The van der Waals surface area contributed by atoms with Crippen LogP contribution in [0, 0.1) is 13.8 Å². The first kappa shape index (κ1) is 40.0. The molecule has 12 rings (SSSR count). The molecule has 0 fully saturated rings. The average molecular weight is 857 g/mol. The van der Waals surface area contributed by atoms with E-state index in [4.69, 9.17) is 8.83 Å². The van der Waals surface area contributed by atoms with Crippen molar-refractivity contribution in [1.29, 1.82) is 0 Å². The van der Waals surface area contributed by atoms with Crippen molar-refractivity contribution in [2.75, 3.05) is 9.80 Å². The Hall–Kier alpha value is -7.56. The molecule has 0 amide bonds. The molecule has 322 valence electrons. The molecule has 0 saturated carbocycles. The molecular weight excluding hydrogens is 805 g/mol. The maximum atomic E-state index is 6.89. The van der Waals surface area contributed by atoms with E-state index in [0.717, 1.165) is 89.1 Å². The van der Waals surface area contributed by atoms with Crippen LogP contribution in [0.5, 0.6) is 0 Å². The van der Waals surface area contributed by atoms with Gasteiger partial charge in [-0.15, -0.1) is 0 Å². The van der Waals surface area contributed by atoms with Crippen LogP contribution in [0.25, 0.3) is 76.2 Å². The summed E-state index contributed by atoms with van der Waals surface area (Å²) in [7, 11) is 0. The van der Waals surface area contributed by atoms with Gasteiger partial charge in [0, 0.05) is 43.7 Å². The third kappa shape index (κ3) is 6.11. The normalized spacial score (nSPS) is 12.5. The first-order valence-electron chi connectivity index (χ1n) is 23.2. The summed E-state index contributed by atoms with van der Waals surface area (Å²) in [5.41, 5.74) is 14.8. The predicted octanol–water partition coefficient (Wildman–Crippen LogP) is 18.5. The van der Waals surface area contributed by atoms with Gasteiger partial charge in [-0.3, -0.25) is 0 Å². The zero-order valence-corrected chi connectivity index (χ0v) is 38.9. The van der Waals surface area contributed by atoms with Gasteiger partial charge in [-0.25, -0.2) is 0 Å². The van der Waals surface area contributed by atoms with Gasteiger partial charge in [-0.05, 0) is 117 Å². The summed E-state index contributed by atoms with van der Waals surface area (Å²) < 4.78 is 13.8. The van der Waals surface area contributed by atoms with Crippen molar-refractivity contribution in [2.24, 2.45) is 0 Å². The van der Waals surface area contributed by atoms with Gasteiger partial charge in [0.1, 0.15) is 11.2 Å². The van der Waals surface area contributed by atoms with Gasteiger partial charge in [0.05, 0.1) is 22.7 Å². The van der Waals surface area contributed by atoms with Crippen LogP contribution >= 0.6 is 0 Å². The first-order chi connectivity index (χ1) is 31.8. The molecule has 2 aromatic heterocycles. The second-order valence-electron chi connectivity index (χ2n) is 20.3. The van der Waals surface area contributed by atoms with E-state index in [9.17, 15) is 0 Å². The topological polar surface area (TPSA) is 32.8 Å². The molecule has 0 atom stereocenters. The van der Waals surface area contributed by atoms with E-state index in [1.165, 1.54) is 43.4 Å². The third-order valence-corrected chi connectivity index (χ3v) is 14.0. The molecule has 2 heterocycles. The van der Waals surface area contributed by atoms with Crippen LogP contribution in [-0.4, -0.2) is 0 Å². The smallest absolute Gasteiger partial charge is 0.159 e. The SMILES string of the molecule is Cc1cccc2c1oc1c(N(c3ccc(C(C)(C)C)cc3)c3ccc4ccc5c(N(c6ccc(C(C)(C)C)cc6)c6cccc7c6oc6c(C)cccc67)ccc6ccc3c4c65)cccc12. The fourth-order valence-electron chi connectivity index (χ4n) is 10.4. The average Bonchev–Trinajstić information content (AvgIpc) is 3.90. The Kier molecular flexibility index (Phi) is 8.77. The highest BCUT2D eigenvalue weighted by atomic mass is 16.3. The molecule has 0 radical (unpaired) electrons. The van der Waals surface area contributed by atoms with E-state index >= 15 is 0 Å². The van der Waals surface area contributed by atoms with Crippen LogP contribution in [-0.2, 0) is 10.8 Å². The molecule has 0 aliphatic heterocycles. The van der Waals surface area contributed by atoms with Crippen molar-refractivity contribution in [3.8, 4) is 0 Å². The molecule has 66 heavy (non-hydrogen) atoms. The van der Waals surface area contributed by atoms with Gasteiger partial charge in [0.2, 0.25) is 0 Å². The number of nitrogens with zero attached hydrogens (tertiary/aromatic N) is 2. The number of fused-ring (bicyclic) bond motifs is 6. The van der Waals surface area contributed by atoms with Crippen LogP contribution in [0.4, 0.5) is 34.1 Å². The molecule has 0 aliphatic rings. The quantitative estimate of drug-likeness (QED) is 0.156. The van der Waals surface area contributed by atoms with Crippen molar-refractivity contribution < 1.29 is 8.83 Å². The fraction of sp³-hybridized carbons (Fsp3) is 0.161. The van der Waals surface area contributed by atoms with Crippen molar-refractivity contribution in [2.45, 2.75) is 66.2 Å². The lowest BCUT2D eigenvalue weighted by Gasteiger charge is -2.30. The Morgan fingerprint density at radius 2 is 0.667 bits per heavy atom. The minimum Gasteiger partial charge on any atom is -0.454 e. The number of benzene rings is 10. The lowest BCUT2D eigenvalue weighted by molar-refractivity contribution is 0.590. The van der Waals surface area contributed by atoms with E-state index in [1.807, 2.05) is 0 Å². The molecule has 4 heteroatoms. The second-order valence-corrected chi connectivity index (χ2v) is 20.3. The number of aryl methyl sites for hydroxylation is 2. The molecule has 10 aromatic carbocycles. The summed E-state index contributed by atoms with van der Waals surface area (Å²) in [5, 5.41) is 11.7. The zero-order chi connectivity index (χ0) is 45.2. The van der Waals surface area contributed by atoms with Gasteiger partial charge in [-0.1, -0.05) is 163 Å². The second kappa shape index (κ2) is 14.5. The Morgan fingerprint density at radius 1 is 0.318 bits per heavy atom. The minimum absolute atomic E-state index is 0.0156. The van der Waals surface area contributed by atoms with E-state index in [0.29, 0.717) is 0 Å². The van der Waals surface area contributed by atoms with Crippen molar-refractivity contribution in [1.82, 2.24) is 0 Å². The highest BCUT2D eigenvalue weighted by molar-refractivity contribution is 6.28. The van der Waals surface area contributed by atoms with Gasteiger partial charge >= 0.3 is 0 Å². The molecule has 0 aliphatic carbocycles. The zero-order valence-electron chi connectivity index (χ0n) is 38.9. The summed E-state index contributed by atoms with van der Waals surface area (Å²) in [6, 6.07) is 62.6. The largest absolute Gasteiger partial charge is 0.454 e. The third-order valence-electron chi connectivity index (χ3n) is 14.0. The monoisotopic (exact) mass is 856 g/mol. The number of rotatable bonds is 6. The fourth-order valence-corrected chi connectivity index (χ4v) is 10.4. The molecule has 0 saturated heterocycles. The highest BCUT2D eigenvalue weighted by Crippen LogP contribution is 2.51. The minimum atomic E-state index is 0.0156. The van der Waals surface area contributed by atoms with Gasteiger partial charge < -0.3 is 18.6 Å². The van der Waals surface area contributed by atoms with E-state index < -0.39 is 0 Å². The van der Waals surface area contributed by atoms with Gasteiger partial charge in [0.25, 0.3) is 0 Å². The number of hydrogen-bond acceptors (Lipinski definition) is 4. The summed E-state index contributed by atoms with van der Waals surface area (Å²) in [4.78, 5) is 4.82.